The largest absolute Gasteiger partial charge is 0.395 e. The van der Waals surface area contributed by atoms with Crippen molar-refractivity contribution in [1.82, 2.24) is 19.9 Å². The molecular formula is C19H23N5O3S. The Morgan fingerprint density at radius 1 is 1.29 bits per heavy atom. The fourth-order valence-electron chi connectivity index (χ4n) is 3.16. The number of imidazole rings is 1. The monoisotopic (exact) mass is 401 g/mol. The van der Waals surface area contributed by atoms with E-state index in [1.54, 1.807) is 16.6 Å². The van der Waals surface area contributed by atoms with Gasteiger partial charge in [-0.1, -0.05) is 23.5 Å². The summed E-state index contributed by atoms with van der Waals surface area (Å²) in [5.41, 5.74) is 2.29. The number of hydrogen-bond donors (Lipinski definition) is 3. The molecule has 28 heavy (non-hydrogen) atoms. The van der Waals surface area contributed by atoms with Crippen LogP contribution in [0.2, 0.25) is 0 Å². The van der Waals surface area contributed by atoms with Gasteiger partial charge < -0.3 is 20.5 Å². The smallest absolute Gasteiger partial charge is 0.251 e. The predicted octanol–water partition coefficient (Wildman–Crippen LogP) is 2.02. The number of ether oxygens (including phenoxy) is 1. The summed E-state index contributed by atoms with van der Waals surface area (Å²) in [6.07, 6.45) is 4.08. The molecule has 0 saturated carbocycles. The van der Waals surface area contributed by atoms with Gasteiger partial charge in [0, 0.05) is 37.4 Å². The number of rotatable bonds is 7. The maximum atomic E-state index is 11.9. The fourth-order valence-corrected chi connectivity index (χ4v) is 3.94. The van der Waals surface area contributed by atoms with E-state index in [4.69, 9.17) is 9.84 Å². The molecule has 1 aromatic carbocycles. The normalized spacial score (nSPS) is 15.0. The van der Waals surface area contributed by atoms with Gasteiger partial charge in [-0.05, 0) is 30.9 Å². The maximum Gasteiger partial charge on any atom is 0.251 e. The van der Waals surface area contributed by atoms with Crippen molar-refractivity contribution >= 4 is 27.3 Å². The van der Waals surface area contributed by atoms with Gasteiger partial charge in [0.2, 0.25) is 10.1 Å². The van der Waals surface area contributed by atoms with E-state index in [2.05, 4.69) is 20.7 Å². The molecule has 0 aliphatic carbocycles. The molecule has 9 heteroatoms. The first-order valence-electron chi connectivity index (χ1n) is 9.40. The van der Waals surface area contributed by atoms with E-state index in [0.29, 0.717) is 11.5 Å². The van der Waals surface area contributed by atoms with Gasteiger partial charge in [0.1, 0.15) is 0 Å². The van der Waals surface area contributed by atoms with Crippen molar-refractivity contribution in [3.63, 3.8) is 0 Å². The fraction of sp³-hybridized carbons (Fsp3) is 0.421. The highest BCUT2D eigenvalue weighted by Gasteiger charge is 2.15. The van der Waals surface area contributed by atoms with Crippen LogP contribution < -0.4 is 10.6 Å². The third-order valence-corrected chi connectivity index (χ3v) is 5.65. The van der Waals surface area contributed by atoms with Crippen molar-refractivity contribution in [2.24, 2.45) is 5.92 Å². The van der Waals surface area contributed by atoms with Crippen LogP contribution >= 0.6 is 11.3 Å². The van der Waals surface area contributed by atoms with E-state index < -0.39 is 0 Å². The number of carbonyl (C=O) groups is 1. The number of aliphatic hydroxyl groups excluding tert-OH is 1. The summed E-state index contributed by atoms with van der Waals surface area (Å²) in [6, 6.07) is 7.24. The molecule has 0 atom stereocenters. The minimum atomic E-state index is -0.201. The van der Waals surface area contributed by atoms with Gasteiger partial charge >= 0.3 is 0 Å². The predicted molar refractivity (Wildman–Crippen MR) is 108 cm³/mol. The standard InChI is InChI=1S/C19H23N5O3S/c25-8-7-20-17(26)15-3-1-14(2-4-15)16-12-24-19(22-16)28-18(23-24)21-11-13-5-9-27-10-6-13/h1-4,12-13,25H,5-11H2,(H,20,26)(H,21,23). The van der Waals surface area contributed by atoms with Crippen molar-refractivity contribution < 1.29 is 14.6 Å². The highest BCUT2D eigenvalue weighted by Crippen LogP contribution is 2.25. The van der Waals surface area contributed by atoms with E-state index in [1.807, 2.05) is 18.3 Å². The van der Waals surface area contributed by atoms with Gasteiger partial charge in [0.15, 0.2) is 0 Å². The summed E-state index contributed by atoms with van der Waals surface area (Å²) in [5, 5.41) is 20.3. The zero-order valence-corrected chi connectivity index (χ0v) is 16.2. The van der Waals surface area contributed by atoms with Crippen LogP contribution in [0, 0.1) is 5.92 Å². The molecule has 148 valence electrons. The molecule has 0 spiro atoms. The zero-order chi connectivity index (χ0) is 19.3. The van der Waals surface area contributed by atoms with Crippen LogP contribution in [0.4, 0.5) is 5.13 Å². The second kappa shape index (κ2) is 8.68. The number of hydrogen-bond acceptors (Lipinski definition) is 7. The molecule has 0 radical (unpaired) electrons. The van der Waals surface area contributed by atoms with Gasteiger partial charge in [-0.3, -0.25) is 4.79 Å². The number of amides is 1. The zero-order valence-electron chi connectivity index (χ0n) is 15.4. The lowest BCUT2D eigenvalue weighted by molar-refractivity contribution is 0.0699. The van der Waals surface area contributed by atoms with Crippen LogP contribution in [0.25, 0.3) is 16.2 Å². The van der Waals surface area contributed by atoms with Crippen molar-refractivity contribution in [2.45, 2.75) is 12.8 Å². The van der Waals surface area contributed by atoms with E-state index >= 15 is 0 Å². The van der Waals surface area contributed by atoms with Crippen molar-refractivity contribution in [3.05, 3.63) is 36.0 Å². The van der Waals surface area contributed by atoms with Crippen LogP contribution in [0.1, 0.15) is 23.2 Å². The van der Waals surface area contributed by atoms with Crippen LogP contribution in [0.15, 0.2) is 30.5 Å². The summed E-state index contributed by atoms with van der Waals surface area (Å²) in [6.45, 7) is 2.77. The molecule has 4 rings (SSSR count). The molecule has 1 saturated heterocycles. The number of nitrogens with zero attached hydrogens (tertiary/aromatic N) is 3. The Kier molecular flexibility index (Phi) is 5.84. The van der Waals surface area contributed by atoms with Crippen LogP contribution in [-0.2, 0) is 4.74 Å². The SMILES string of the molecule is O=C(NCCO)c1ccc(-c2cn3nc(NCC4CCOCC4)sc3n2)cc1. The van der Waals surface area contributed by atoms with E-state index in [-0.39, 0.29) is 19.1 Å². The molecular weight excluding hydrogens is 378 g/mol. The Morgan fingerprint density at radius 2 is 2.07 bits per heavy atom. The second-order valence-corrected chi connectivity index (χ2v) is 7.71. The van der Waals surface area contributed by atoms with Gasteiger partial charge in [0.25, 0.3) is 5.91 Å². The van der Waals surface area contributed by atoms with Gasteiger partial charge in [-0.15, -0.1) is 5.10 Å². The summed E-state index contributed by atoms with van der Waals surface area (Å²) in [5.74, 6) is 0.432. The molecule has 3 N–H and O–H groups in total. The molecule has 2 aromatic heterocycles. The third kappa shape index (κ3) is 4.32. The summed E-state index contributed by atoms with van der Waals surface area (Å²) >= 11 is 1.53. The first-order chi connectivity index (χ1) is 13.7. The van der Waals surface area contributed by atoms with Crippen molar-refractivity contribution in [2.75, 3.05) is 38.2 Å². The molecule has 1 amide bonds. The molecule has 3 heterocycles. The van der Waals surface area contributed by atoms with Crippen LogP contribution in [0.3, 0.4) is 0 Å². The van der Waals surface area contributed by atoms with Crippen molar-refractivity contribution in [1.29, 1.82) is 0 Å². The number of aromatic nitrogens is 3. The lowest BCUT2D eigenvalue weighted by Gasteiger charge is -2.21. The highest BCUT2D eigenvalue weighted by atomic mass is 32.1. The van der Waals surface area contributed by atoms with Gasteiger partial charge in [-0.25, -0.2) is 9.50 Å². The molecule has 0 unspecified atom stereocenters. The Bertz CT molecular complexity index is 899. The number of anilines is 1. The van der Waals surface area contributed by atoms with E-state index in [9.17, 15) is 4.79 Å². The van der Waals surface area contributed by atoms with E-state index in [0.717, 1.165) is 53.9 Å². The first-order valence-corrected chi connectivity index (χ1v) is 10.2. The van der Waals surface area contributed by atoms with E-state index in [1.165, 1.54) is 11.3 Å². The van der Waals surface area contributed by atoms with Gasteiger partial charge in [0.05, 0.1) is 18.5 Å². The number of carbonyl (C=O) groups excluding carboxylic acids is 1. The first kappa shape index (κ1) is 18.9. The molecule has 8 nitrogen and oxygen atoms in total. The van der Waals surface area contributed by atoms with Gasteiger partial charge in [-0.2, -0.15) is 0 Å². The summed E-state index contributed by atoms with van der Waals surface area (Å²) in [4.78, 5) is 17.4. The Morgan fingerprint density at radius 3 is 2.79 bits per heavy atom. The topological polar surface area (TPSA) is 101 Å². The van der Waals surface area contributed by atoms with Crippen molar-refractivity contribution in [3.8, 4) is 11.3 Å². The second-order valence-electron chi connectivity index (χ2n) is 6.75. The molecule has 1 aliphatic heterocycles. The lowest BCUT2D eigenvalue weighted by atomic mass is 10.0. The highest BCUT2D eigenvalue weighted by molar-refractivity contribution is 7.20. The Labute approximate surface area is 166 Å². The van der Waals surface area contributed by atoms with Crippen LogP contribution in [-0.4, -0.2) is 58.5 Å². The molecule has 1 fully saturated rings. The third-order valence-electron chi connectivity index (χ3n) is 4.77. The minimum absolute atomic E-state index is 0.0753. The average molecular weight is 401 g/mol. The lowest BCUT2D eigenvalue weighted by Crippen LogP contribution is -2.26. The Balaban J connectivity index is 1.40. The Hall–Kier alpha value is -2.49. The average Bonchev–Trinajstić information content (AvgIpc) is 3.30. The summed E-state index contributed by atoms with van der Waals surface area (Å²) < 4.78 is 7.18. The maximum absolute atomic E-state index is 11.9. The molecule has 0 bridgehead atoms. The summed E-state index contributed by atoms with van der Waals surface area (Å²) in [7, 11) is 0. The number of aliphatic hydroxyl groups is 1. The molecule has 3 aromatic rings. The van der Waals surface area contributed by atoms with Crippen LogP contribution in [0.5, 0.6) is 0 Å². The minimum Gasteiger partial charge on any atom is -0.395 e. The quantitative estimate of drug-likeness (QED) is 0.560. The number of benzene rings is 1. The number of nitrogens with one attached hydrogen (secondary N) is 2. The molecule has 1 aliphatic rings. The number of fused-ring (bicyclic) bond motifs is 1.